The van der Waals surface area contributed by atoms with Crippen molar-refractivity contribution in [3.8, 4) is 0 Å². The van der Waals surface area contributed by atoms with Crippen LogP contribution in [0.25, 0.3) is 0 Å². The van der Waals surface area contributed by atoms with Crippen LogP contribution in [0.2, 0.25) is 5.02 Å². The second-order valence-electron chi connectivity index (χ2n) is 10.2. The van der Waals surface area contributed by atoms with Crippen molar-refractivity contribution in [2.45, 2.75) is 49.7 Å². The van der Waals surface area contributed by atoms with Crippen LogP contribution in [-0.4, -0.2) is 45.6 Å². The summed E-state index contributed by atoms with van der Waals surface area (Å²) in [6.07, 6.45) is 4.21. The van der Waals surface area contributed by atoms with Crippen molar-refractivity contribution in [1.82, 2.24) is 9.97 Å². The number of anilines is 3. The predicted molar refractivity (Wildman–Crippen MR) is 142 cm³/mol. The lowest BCUT2D eigenvalue weighted by Crippen LogP contribution is -2.40. The first kappa shape index (κ1) is 23.9. The number of carbonyl (C=O) groups excluding carboxylic acids is 2. The Balaban J connectivity index is 1.11. The molecule has 3 N–H and O–H groups in total. The van der Waals surface area contributed by atoms with Gasteiger partial charge in [-0.05, 0) is 66.5 Å². The Kier molecular flexibility index (Phi) is 6.30. The second-order valence-corrected chi connectivity index (χ2v) is 10.6. The number of rotatable bonds is 7. The van der Waals surface area contributed by atoms with E-state index in [4.69, 9.17) is 11.6 Å². The molecule has 3 fully saturated rings. The Morgan fingerprint density at radius 2 is 1.76 bits per heavy atom. The van der Waals surface area contributed by atoms with E-state index in [0.717, 1.165) is 17.7 Å². The SMILES string of the molecule is O=C(Nc1ccc(C2CC2)cc1)C1CC(O)CN1c1cc(NC(=O)[C@H]2C[C@@H]2c2cccc(Cl)c2)ncn1. The van der Waals surface area contributed by atoms with Gasteiger partial charge in [0.1, 0.15) is 24.0 Å². The van der Waals surface area contributed by atoms with Crippen molar-refractivity contribution in [2.24, 2.45) is 5.92 Å². The molecule has 2 aromatic carbocycles. The zero-order chi connectivity index (χ0) is 25.5. The summed E-state index contributed by atoms with van der Waals surface area (Å²) in [6, 6.07) is 16.6. The van der Waals surface area contributed by atoms with Crippen LogP contribution >= 0.6 is 11.6 Å². The third-order valence-electron chi connectivity index (χ3n) is 7.41. The smallest absolute Gasteiger partial charge is 0.247 e. The van der Waals surface area contributed by atoms with Crippen LogP contribution < -0.4 is 15.5 Å². The lowest BCUT2D eigenvalue weighted by molar-refractivity contribution is -0.118. The molecule has 2 heterocycles. The highest BCUT2D eigenvalue weighted by atomic mass is 35.5. The molecule has 1 saturated heterocycles. The molecular formula is C28H28ClN5O3. The van der Waals surface area contributed by atoms with Crippen molar-refractivity contribution in [3.05, 3.63) is 77.1 Å². The van der Waals surface area contributed by atoms with Crippen LogP contribution in [0.5, 0.6) is 0 Å². The van der Waals surface area contributed by atoms with Crippen LogP contribution in [0.1, 0.15) is 48.6 Å². The molecule has 37 heavy (non-hydrogen) atoms. The molecule has 1 aromatic heterocycles. The van der Waals surface area contributed by atoms with E-state index in [1.54, 1.807) is 11.0 Å². The maximum Gasteiger partial charge on any atom is 0.247 e. The lowest BCUT2D eigenvalue weighted by atomic mass is 10.1. The minimum absolute atomic E-state index is 0.111. The Bertz CT molecular complexity index is 1330. The van der Waals surface area contributed by atoms with Crippen LogP contribution in [0.15, 0.2) is 60.9 Å². The van der Waals surface area contributed by atoms with Gasteiger partial charge in [0.05, 0.1) is 6.10 Å². The highest BCUT2D eigenvalue weighted by Gasteiger charge is 2.44. The van der Waals surface area contributed by atoms with Gasteiger partial charge in [0, 0.05) is 35.7 Å². The van der Waals surface area contributed by atoms with Crippen LogP contribution in [0, 0.1) is 5.92 Å². The van der Waals surface area contributed by atoms with Gasteiger partial charge in [-0.2, -0.15) is 0 Å². The Hall–Kier alpha value is -3.49. The average molecular weight is 518 g/mol. The highest BCUT2D eigenvalue weighted by molar-refractivity contribution is 6.30. The van der Waals surface area contributed by atoms with E-state index in [-0.39, 0.29) is 30.2 Å². The topological polar surface area (TPSA) is 107 Å². The Morgan fingerprint density at radius 3 is 2.51 bits per heavy atom. The molecule has 1 aliphatic heterocycles. The molecule has 2 amide bonds. The first-order valence-electron chi connectivity index (χ1n) is 12.7. The molecule has 9 heteroatoms. The summed E-state index contributed by atoms with van der Waals surface area (Å²) >= 11 is 6.09. The molecule has 3 aliphatic rings. The number of halogens is 1. The summed E-state index contributed by atoms with van der Waals surface area (Å²) in [4.78, 5) is 36.3. The molecule has 6 rings (SSSR count). The predicted octanol–water partition coefficient (Wildman–Crippen LogP) is 4.33. The van der Waals surface area contributed by atoms with Crippen molar-refractivity contribution < 1.29 is 14.7 Å². The fraction of sp³-hybridized carbons (Fsp3) is 0.357. The van der Waals surface area contributed by atoms with E-state index in [9.17, 15) is 14.7 Å². The van der Waals surface area contributed by atoms with Gasteiger partial charge >= 0.3 is 0 Å². The van der Waals surface area contributed by atoms with Crippen molar-refractivity contribution in [3.63, 3.8) is 0 Å². The van der Waals surface area contributed by atoms with E-state index in [0.29, 0.717) is 29.0 Å². The summed E-state index contributed by atoms with van der Waals surface area (Å²) in [5, 5.41) is 16.9. The summed E-state index contributed by atoms with van der Waals surface area (Å²) < 4.78 is 0. The van der Waals surface area contributed by atoms with E-state index >= 15 is 0 Å². The minimum Gasteiger partial charge on any atom is -0.391 e. The molecule has 2 aliphatic carbocycles. The number of benzene rings is 2. The Morgan fingerprint density at radius 1 is 0.946 bits per heavy atom. The van der Waals surface area contributed by atoms with Gasteiger partial charge in [0.25, 0.3) is 0 Å². The van der Waals surface area contributed by atoms with Crippen molar-refractivity contribution >= 4 is 40.7 Å². The van der Waals surface area contributed by atoms with Gasteiger partial charge in [-0.1, -0.05) is 35.9 Å². The fourth-order valence-electron chi connectivity index (χ4n) is 5.18. The first-order valence-corrected chi connectivity index (χ1v) is 13.1. The van der Waals surface area contributed by atoms with Gasteiger partial charge in [0.15, 0.2) is 0 Å². The number of aromatic nitrogens is 2. The number of aliphatic hydroxyl groups excluding tert-OH is 1. The van der Waals surface area contributed by atoms with Crippen LogP contribution in [0.3, 0.4) is 0 Å². The number of hydrogen-bond acceptors (Lipinski definition) is 6. The fourth-order valence-corrected chi connectivity index (χ4v) is 5.38. The zero-order valence-corrected chi connectivity index (χ0v) is 20.9. The number of aliphatic hydroxyl groups is 1. The van der Waals surface area contributed by atoms with E-state index in [1.165, 1.54) is 24.7 Å². The molecule has 2 unspecified atom stereocenters. The molecule has 0 radical (unpaired) electrons. The number of nitrogens with zero attached hydrogens (tertiary/aromatic N) is 3. The quantitative estimate of drug-likeness (QED) is 0.430. The Labute approximate surface area is 220 Å². The van der Waals surface area contributed by atoms with E-state index in [1.807, 2.05) is 36.4 Å². The monoisotopic (exact) mass is 517 g/mol. The van der Waals surface area contributed by atoms with Crippen molar-refractivity contribution in [1.29, 1.82) is 0 Å². The molecule has 3 aromatic rings. The van der Waals surface area contributed by atoms with Crippen LogP contribution in [0.4, 0.5) is 17.3 Å². The van der Waals surface area contributed by atoms with Crippen molar-refractivity contribution in [2.75, 3.05) is 22.1 Å². The number of hydrogen-bond donors (Lipinski definition) is 3. The maximum absolute atomic E-state index is 13.1. The van der Waals surface area contributed by atoms with E-state index < -0.39 is 12.1 Å². The first-order chi connectivity index (χ1) is 17.9. The second kappa shape index (κ2) is 9.76. The molecule has 8 nitrogen and oxygen atoms in total. The minimum atomic E-state index is -0.661. The molecule has 0 bridgehead atoms. The number of β-amino-alcohol motifs (C(OH)–C–C–N with tert-alkyl or cyclic N) is 1. The molecule has 0 spiro atoms. The summed E-state index contributed by atoms with van der Waals surface area (Å²) in [6.45, 7) is 0.266. The third-order valence-corrected chi connectivity index (χ3v) is 7.65. The largest absolute Gasteiger partial charge is 0.391 e. The van der Waals surface area contributed by atoms with Gasteiger partial charge in [0.2, 0.25) is 11.8 Å². The van der Waals surface area contributed by atoms with Gasteiger partial charge in [-0.3, -0.25) is 9.59 Å². The number of carbonyl (C=O) groups is 2. The normalized spacial score (nSPS) is 24.5. The molecular weight excluding hydrogens is 490 g/mol. The molecule has 2 saturated carbocycles. The summed E-state index contributed by atoms with van der Waals surface area (Å²) in [5.41, 5.74) is 3.08. The van der Waals surface area contributed by atoms with E-state index in [2.05, 4.69) is 32.7 Å². The number of nitrogens with one attached hydrogen (secondary N) is 2. The standard InChI is InChI=1S/C28H28ClN5O3/c29-19-3-1-2-18(10-19)22-12-23(22)27(36)33-25-13-26(31-15-30-25)34-14-21(35)11-24(34)28(37)32-20-8-6-17(7-9-20)16-4-5-16/h1-3,6-10,13,15-16,21-24,35H,4-5,11-12,14H2,(H,32,37)(H,30,31,33,36)/t21?,22-,23+,24?/m1/s1. The maximum atomic E-state index is 13.1. The average Bonchev–Trinajstić information content (AvgIpc) is 3.82. The van der Waals surface area contributed by atoms with Gasteiger partial charge in [-0.15, -0.1) is 0 Å². The van der Waals surface area contributed by atoms with Gasteiger partial charge in [-0.25, -0.2) is 9.97 Å². The van der Waals surface area contributed by atoms with Gasteiger partial charge < -0.3 is 20.6 Å². The number of amides is 2. The third kappa shape index (κ3) is 5.31. The zero-order valence-electron chi connectivity index (χ0n) is 20.2. The molecule has 4 atom stereocenters. The highest BCUT2D eigenvalue weighted by Crippen LogP contribution is 2.48. The summed E-state index contributed by atoms with van der Waals surface area (Å²) in [5.74, 6) is 1.18. The molecule has 190 valence electrons. The summed E-state index contributed by atoms with van der Waals surface area (Å²) in [7, 11) is 0. The van der Waals surface area contributed by atoms with Crippen LogP contribution in [-0.2, 0) is 9.59 Å². The lowest BCUT2D eigenvalue weighted by Gasteiger charge is -2.24.